The monoisotopic (exact) mass is 328 g/mol. The second kappa shape index (κ2) is 8.41. The van der Waals surface area contributed by atoms with Crippen LogP contribution in [0.4, 0.5) is 13.2 Å². The Morgan fingerprint density at radius 1 is 1.35 bits per heavy atom. The zero-order chi connectivity index (χ0) is 17.5. The van der Waals surface area contributed by atoms with Gasteiger partial charge in [-0.3, -0.25) is 4.79 Å². The second-order valence-corrected chi connectivity index (χ2v) is 4.66. The van der Waals surface area contributed by atoms with Crippen molar-refractivity contribution in [2.24, 2.45) is 0 Å². The summed E-state index contributed by atoms with van der Waals surface area (Å²) in [5.41, 5.74) is 0.237. The van der Waals surface area contributed by atoms with Gasteiger partial charge in [-0.25, -0.2) is 0 Å². The molecule has 0 fully saturated rings. The smallest absolute Gasteiger partial charge is 0.416 e. The van der Waals surface area contributed by atoms with Gasteiger partial charge in [0, 0.05) is 5.56 Å². The minimum absolute atomic E-state index is 0.00841. The first-order valence-corrected chi connectivity index (χ1v) is 7.08. The molecule has 0 atom stereocenters. The first-order chi connectivity index (χ1) is 10.8. The van der Waals surface area contributed by atoms with E-state index in [4.69, 9.17) is 9.47 Å². The van der Waals surface area contributed by atoms with Crippen molar-refractivity contribution in [1.82, 2.24) is 0 Å². The van der Waals surface area contributed by atoms with Gasteiger partial charge in [0.15, 0.2) is 0 Å². The molecule has 1 rings (SSSR count). The number of carbonyl (C=O) groups is 1. The molecule has 0 amide bonds. The summed E-state index contributed by atoms with van der Waals surface area (Å²) < 4.78 is 48.8. The molecule has 1 aromatic carbocycles. The minimum Gasteiger partial charge on any atom is -0.489 e. The van der Waals surface area contributed by atoms with E-state index in [9.17, 15) is 18.0 Å². The molecule has 126 valence electrons. The first kappa shape index (κ1) is 18.8. The summed E-state index contributed by atoms with van der Waals surface area (Å²) in [6.45, 7) is 7.29. The van der Waals surface area contributed by atoms with Gasteiger partial charge in [-0.1, -0.05) is 24.8 Å². The number of allylic oxidation sites excluding steroid dienone is 1. The van der Waals surface area contributed by atoms with E-state index in [1.165, 1.54) is 6.07 Å². The molecule has 0 radical (unpaired) electrons. The number of hydrogen-bond donors (Lipinski definition) is 0. The van der Waals surface area contributed by atoms with Crippen molar-refractivity contribution in [2.45, 2.75) is 26.4 Å². The van der Waals surface area contributed by atoms with E-state index in [1.807, 2.05) is 0 Å². The number of ether oxygens (including phenoxy) is 2. The zero-order valence-corrected chi connectivity index (χ0v) is 13.1. The van der Waals surface area contributed by atoms with Gasteiger partial charge < -0.3 is 9.47 Å². The molecule has 0 heterocycles. The summed E-state index contributed by atoms with van der Waals surface area (Å²) in [6.07, 6.45) is -1.34. The quantitative estimate of drug-likeness (QED) is 0.552. The molecule has 0 saturated carbocycles. The molecule has 0 aliphatic heterocycles. The van der Waals surface area contributed by atoms with Gasteiger partial charge >= 0.3 is 12.1 Å². The minimum atomic E-state index is -4.48. The van der Waals surface area contributed by atoms with Gasteiger partial charge in [0.05, 0.1) is 18.6 Å². The highest BCUT2D eigenvalue weighted by Gasteiger charge is 2.31. The number of benzene rings is 1. The summed E-state index contributed by atoms with van der Waals surface area (Å²) in [4.78, 5) is 11.6. The number of alkyl halides is 3. The van der Waals surface area contributed by atoms with E-state index in [-0.39, 0.29) is 25.4 Å². The van der Waals surface area contributed by atoms with Crippen molar-refractivity contribution < 1.29 is 27.4 Å². The largest absolute Gasteiger partial charge is 0.489 e. The average molecular weight is 328 g/mol. The molecule has 0 N–H and O–H groups in total. The number of hydrogen-bond acceptors (Lipinski definition) is 3. The SMILES string of the molecule is C=C/C(=C\C)COc1cc(C(F)(F)F)ccc1CC(=O)OCC. The molecule has 23 heavy (non-hydrogen) atoms. The Bertz CT molecular complexity index is 589. The predicted octanol–water partition coefficient (Wildman–Crippen LogP) is 4.32. The number of rotatable bonds is 7. The van der Waals surface area contributed by atoms with E-state index in [0.717, 1.165) is 17.7 Å². The Morgan fingerprint density at radius 3 is 2.57 bits per heavy atom. The highest BCUT2D eigenvalue weighted by molar-refractivity contribution is 5.73. The topological polar surface area (TPSA) is 35.5 Å². The maximum Gasteiger partial charge on any atom is 0.416 e. The van der Waals surface area contributed by atoms with E-state index in [1.54, 1.807) is 26.0 Å². The summed E-state index contributed by atoms with van der Waals surface area (Å²) >= 11 is 0. The lowest BCUT2D eigenvalue weighted by Crippen LogP contribution is -2.12. The Morgan fingerprint density at radius 2 is 2.04 bits per heavy atom. The van der Waals surface area contributed by atoms with Crippen molar-refractivity contribution in [3.8, 4) is 5.75 Å². The lowest BCUT2D eigenvalue weighted by Gasteiger charge is -2.15. The van der Waals surface area contributed by atoms with Gasteiger partial charge in [-0.15, -0.1) is 0 Å². The van der Waals surface area contributed by atoms with Crippen LogP contribution in [0.15, 0.2) is 42.5 Å². The van der Waals surface area contributed by atoms with Crippen LogP contribution in [0.25, 0.3) is 0 Å². The van der Waals surface area contributed by atoms with Crippen molar-refractivity contribution in [3.63, 3.8) is 0 Å². The highest BCUT2D eigenvalue weighted by Crippen LogP contribution is 2.33. The van der Waals surface area contributed by atoms with Crippen LogP contribution in [0.1, 0.15) is 25.0 Å². The van der Waals surface area contributed by atoms with Crippen LogP contribution < -0.4 is 4.74 Å². The summed E-state index contributed by atoms with van der Waals surface area (Å²) in [5, 5.41) is 0. The molecule has 0 saturated heterocycles. The fraction of sp³-hybridized carbons (Fsp3) is 0.353. The Labute approximate surface area is 133 Å². The molecule has 0 spiro atoms. The fourth-order valence-electron chi connectivity index (χ4n) is 1.80. The van der Waals surface area contributed by atoms with Gasteiger partial charge in [0.2, 0.25) is 0 Å². The van der Waals surface area contributed by atoms with Gasteiger partial charge in [0.25, 0.3) is 0 Å². The molecule has 0 aliphatic carbocycles. The van der Waals surface area contributed by atoms with Crippen LogP contribution >= 0.6 is 0 Å². The van der Waals surface area contributed by atoms with E-state index >= 15 is 0 Å². The van der Waals surface area contributed by atoms with Crippen molar-refractivity contribution in [3.05, 3.63) is 53.6 Å². The Balaban J connectivity index is 3.08. The van der Waals surface area contributed by atoms with E-state index in [2.05, 4.69) is 6.58 Å². The lowest BCUT2D eigenvalue weighted by atomic mass is 10.1. The third-order valence-corrected chi connectivity index (χ3v) is 3.06. The molecule has 0 unspecified atom stereocenters. The van der Waals surface area contributed by atoms with Crippen LogP contribution in [0.3, 0.4) is 0 Å². The number of halogens is 3. The first-order valence-electron chi connectivity index (χ1n) is 7.08. The standard InChI is InChI=1S/C17H19F3O3/c1-4-12(5-2)11-23-15-10-14(17(18,19)20)8-7-13(15)9-16(21)22-6-3/h4-5,7-8,10H,1,6,9,11H2,2-3H3/b12-5+. The number of esters is 1. The molecule has 0 aromatic heterocycles. The molecule has 6 heteroatoms. The molecule has 1 aromatic rings. The summed E-state index contributed by atoms with van der Waals surface area (Å²) in [6, 6.07) is 3.05. The van der Waals surface area contributed by atoms with Crippen molar-refractivity contribution >= 4 is 5.97 Å². The Kier molecular flexibility index (Phi) is 6.88. The fourth-order valence-corrected chi connectivity index (χ4v) is 1.80. The number of carbonyl (C=O) groups excluding carboxylic acids is 1. The van der Waals surface area contributed by atoms with Crippen molar-refractivity contribution in [1.29, 1.82) is 0 Å². The maximum absolute atomic E-state index is 12.8. The average Bonchev–Trinajstić information content (AvgIpc) is 2.48. The zero-order valence-electron chi connectivity index (χ0n) is 13.1. The second-order valence-electron chi connectivity index (χ2n) is 4.66. The third-order valence-electron chi connectivity index (χ3n) is 3.06. The van der Waals surface area contributed by atoms with E-state index in [0.29, 0.717) is 5.56 Å². The Hall–Kier alpha value is -2.24. The summed E-state index contributed by atoms with van der Waals surface area (Å²) in [5.74, 6) is -0.513. The van der Waals surface area contributed by atoms with Crippen LogP contribution in [0.5, 0.6) is 5.75 Å². The van der Waals surface area contributed by atoms with Crippen molar-refractivity contribution in [2.75, 3.05) is 13.2 Å². The molecule has 0 aliphatic rings. The lowest BCUT2D eigenvalue weighted by molar-refractivity contribution is -0.142. The normalized spacial score (nSPS) is 12.0. The molecule has 3 nitrogen and oxygen atoms in total. The van der Waals surface area contributed by atoms with E-state index < -0.39 is 17.7 Å². The van der Waals surface area contributed by atoms with Gasteiger partial charge in [-0.05, 0) is 31.6 Å². The van der Waals surface area contributed by atoms with Gasteiger partial charge in [0.1, 0.15) is 12.4 Å². The van der Waals surface area contributed by atoms with Crippen LogP contribution in [-0.2, 0) is 22.1 Å². The van der Waals surface area contributed by atoms with Crippen LogP contribution in [-0.4, -0.2) is 19.2 Å². The summed E-state index contributed by atoms with van der Waals surface area (Å²) in [7, 11) is 0. The van der Waals surface area contributed by atoms with Crippen LogP contribution in [0, 0.1) is 0 Å². The third kappa shape index (κ3) is 5.81. The molecule has 0 bridgehead atoms. The van der Waals surface area contributed by atoms with Gasteiger partial charge in [-0.2, -0.15) is 13.2 Å². The molecular weight excluding hydrogens is 309 g/mol. The van der Waals surface area contributed by atoms with Crippen LogP contribution in [0.2, 0.25) is 0 Å². The maximum atomic E-state index is 12.8. The molecular formula is C17H19F3O3. The highest BCUT2D eigenvalue weighted by atomic mass is 19.4. The predicted molar refractivity (Wildman–Crippen MR) is 81.2 cm³/mol.